The number of fused-ring (bicyclic) bond motifs is 1. The van der Waals surface area contributed by atoms with Crippen molar-refractivity contribution in [3.8, 4) is 5.75 Å². The third-order valence-corrected chi connectivity index (χ3v) is 10.4. The van der Waals surface area contributed by atoms with Crippen molar-refractivity contribution in [3.05, 3.63) is 88.1 Å². The zero-order valence-corrected chi connectivity index (χ0v) is 28.0. The maximum Gasteiger partial charge on any atom is 0.393 e. The molecular formula is C37H44ClF3N4O3. The van der Waals surface area contributed by atoms with Gasteiger partial charge in [-0.2, -0.15) is 13.2 Å². The average Bonchev–Trinajstić information content (AvgIpc) is 3.53. The number of alkyl halides is 3. The summed E-state index contributed by atoms with van der Waals surface area (Å²) in [5, 5.41) is 18.3. The molecule has 1 amide bonds. The number of rotatable bonds is 10. The number of hydrogen-bond donors (Lipinski definition) is 3. The third-order valence-electron chi connectivity index (χ3n) is 10.2. The topological polar surface area (TPSA) is 86.7 Å². The molecule has 2 aromatic carbocycles. The van der Waals surface area contributed by atoms with Gasteiger partial charge >= 0.3 is 6.18 Å². The van der Waals surface area contributed by atoms with E-state index in [9.17, 15) is 23.1 Å². The first-order valence-electron chi connectivity index (χ1n) is 17.1. The highest BCUT2D eigenvalue weighted by atomic mass is 35.5. The van der Waals surface area contributed by atoms with Crippen molar-refractivity contribution in [2.45, 2.75) is 94.7 Å². The molecule has 7 nitrogen and oxygen atoms in total. The van der Waals surface area contributed by atoms with Gasteiger partial charge in [0.25, 0.3) is 5.91 Å². The number of hydrogen-bond acceptors (Lipinski definition) is 6. The summed E-state index contributed by atoms with van der Waals surface area (Å²) < 4.78 is 47.1. The zero-order valence-electron chi connectivity index (χ0n) is 27.2. The summed E-state index contributed by atoms with van der Waals surface area (Å²) in [6.45, 7) is 2.49. The predicted molar refractivity (Wildman–Crippen MR) is 181 cm³/mol. The summed E-state index contributed by atoms with van der Waals surface area (Å²) in [7, 11) is 0. The zero-order chi connectivity index (χ0) is 33.9. The summed E-state index contributed by atoms with van der Waals surface area (Å²) in [6.07, 6.45) is 1.48. The Morgan fingerprint density at radius 2 is 1.88 bits per heavy atom. The second kappa shape index (κ2) is 14.6. The van der Waals surface area contributed by atoms with Crippen LogP contribution in [0.2, 0.25) is 5.15 Å². The molecule has 4 atom stereocenters. The van der Waals surface area contributed by atoms with E-state index in [4.69, 9.17) is 16.3 Å². The molecule has 48 heavy (non-hydrogen) atoms. The van der Waals surface area contributed by atoms with E-state index in [2.05, 4.69) is 40.7 Å². The van der Waals surface area contributed by atoms with Crippen molar-refractivity contribution in [2.24, 2.45) is 5.92 Å². The van der Waals surface area contributed by atoms with Crippen LogP contribution in [0, 0.1) is 5.92 Å². The van der Waals surface area contributed by atoms with Crippen LogP contribution in [-0.4, -0.2) is 59.6 Å². The first-order valence-corrected chi connectivity index (χ1v) is 17.5. The molecule has 1 saturated carbocycles. The van der Waals surface area contributed by atoms with Gasteiger partial charge in [0.2, 0.25) is 0 Å². The Hall–Kier alpha value is -3.34. The van der Waals surface area contributed by atoms with E-state index in [0.29, 0.717) is 19.4 Å². The van der Waals surface area contributed by atoms with E-state index in [1.807, 2.05) is 30.3 Å². The lowest BCUT2D eigenvalue weighted by molar-refractivity contribution is -0.176. The number of nitrogens with one attached hydrogen (secondary N) is 2. The molecule has 0 radical (unpaired) electrons. The summed E-state index contributed by atoms with van der Waals surface area (Å²) >= 11 is 6.31. The molecule has 258 valence electrons. The predicted octanol–water partition coefficient (Wildman–Crippen LogP) is 7.20. The van der Waals surface area contributed by atoms with Gasteiger partial charge in [-0.15, -0.1) is 0 Å². The van der Waals surface area contributed by atoms with E-state index >= 15 is 0 Å². The van der Waals surface area contributed by atoms with E-state index < -0.39 is 30.1 Å². The number of carbonyl (C=O) groups excluding carboxylic acids is 1. The van der Waals surface area contributed by atoms with Gasteiger partial charge in [0.05, 0.1) is 18.1 Å². The van der Waals surface area contributed by atoms with Crippen LogP contribution in [0.1, 0.15) is 85.0 Å². The molecule has 11 heteroatoms. The molecule has 3 aromatic rings. The number of carbonyl (C=O) groups is 1. The maximum atomic E-state index is 13.7. The fourth-order valence-corrected chi connectivity index (χ4v) is 7.69. The fraction of sp³-hybridized carbons (Fsp3) is 0.514. The van der Waals surface area contributed by atoms with Crippen LogP contribution in [0.4, 0.5) is 19.0 Å². The SMILES string of the molecule is CCc1ccc2c(c1)[C@@H](NC[C@H](O)[C@H](Cc1ccccc1)NC(=O)c1cc(Cl)nc(N3CCC[C@@H](C(F)(F)F)C3)c1)CC1(CCCC1)O2. The fourth-order valence-electron chi connectivity index (χ4n) is 7.48. The minimum Gasteiger partial charge on any atom is -0.487 e. The Balaban J connectivity index is 1.20. The van der Waals surface area contributed by atoms with Crippen LogP contribution in [0.5, 0.6) is 5.75 Å². The number of halogens is 4. The number of piperidine rings is 1. The Labute approximate surface area is 285 Å². The van der Waals surface area contributed by atoms with Crippen LogP contribution in [0.3, 0.4) is 0 Å². The lowest BCUT2D eigenvalue weighted by Gasteiger charge is -2.41. The van der Waals surface area contributed by atoms with Gasteiger partial charge in [-0.05, 0) is 80.7 Å². The van der Waals surface area contributed by atoms with E-state index in [1.54, 1.807) is 0 Å². The number of pyridine rings is 1. The van der Waals surface area contributed by atoms with Crippen molar-refractivity contribution in [3.63, 3.8) is 0 Å². The van der Waals surface area contributed by atoms with Crippen LogP contribution in [-0.2, 0) is 12.8 Å². The van der Waals surface area contributed by atoms with Gasteiger partial charge in [0.1, 0.15) is 22.3 Å². The molecule has 0 unspecified atom stereocenters. The number of amides is 1. The molecular weight excluding hydrogens is 641 g/mol. The minimum atomic E-state index is -4.31. The highest BCUT2D eigenvalue weighted by Gasteiger charge is 2.44. The maximum absolute atomic E-state index is 13.7. The molecule has 1 spiro atoms. The molecule has 6 rings (SSSR count). The third kappa shape index (κ3) is 8.09. The van der Waals surface area contributed by atoms with Crippen molar-refractivity contribution in [2.75, 3.05) is 24.5 Å². The quantitative estimate of drug-likeness (QED) is 0.196. The minimum absolute atomic E-state index is 0.0130. The Kier molecular flexibility index (Phi) is 10.5. The van der Waals surface area contributed by atoms with Crippen LogP contribution in [0.25, 0.3) is 0 Å². The molecule has 1 saturated heterocycles. The van der Waals surface area contributed by atoms with Crippen molar-refractivity contribution in [1.29, 1.82) is 0 Å². The number of aliphatic hydroxyl groups is 1. The number of aromatic nitrogens is 1. The van der Waals surface area contributed by atoms with Gasteiger partial charge in [-0.1, -0.05) is 61.0 Å². The first-order chi connectivity index (χ1) is 23.0. The number of anilines is 1. The smallest absolute Gasteiger partial charge is 0.393 e. The van der Waals surface area contributed by atoms with Crippen LogP contribution >= 0.6 is 11.6 Å². The number of ether oxygens (including phenoxy) is 1. The summed E-state index contributed by atoms with van der Waals surface area (Å²) in [5.41, 5.74) is 3.21. The number of aryl methyl sites for hydroxylation is 1. The normalized spacial score (nSPS) is 21.8. The molecule has 0 bridgehead atoms. The monoisotopic (exact) mass is 684 g/mol. The number of nitrogens with zero attached hydrogens (tertiary/aromatic N) is 2. The van der Waals surface area contributed by atoms with Crippen LogP contribution in [0.15, 0.2) is 60.7 Å². The Bertz CT molecular complexity index is 1570. The summed E-state index contributed by atoms with van der Waals surface area (Å²) in [6, 6.07) is 18.2. The van der Waals surface area contributed by atoms with Crippen molar-refractivity contribution < 1.29 is 27.8 Å². The molecule has 2 fully saturated rings. The van der Waals surface area contributed by atoms with Gasteiger partial charge in [0.15, 0.2) is 0 Å². The second-order valence-electron chi connectivity index (χ2n) is 13.6. The first kappa shape index (κ1) is 34.5. The number of aliphatic hydroxyl groups excluding tert-OH is 1. The summed E-state index contributed by atoms with van der Waals surface area (Å²) in [4.78, 5) is 19.5. The Morgan fingerprint density at radius 1 is 1.10 bits per heavy atom. The average molecular weight is 685 g/mol. The second-order valence-corrected chi connectivity index (χ2v) is 14.0. The summed E-state index contributed by atoms with van der Waals surface area (Å²) in [5.74, 6) is -0.836. The lowest BCUT2D eigenvalue weighted by Crippen LogP contribution is -2.50. The van der Waals surface area contributed by atoms with Gasteiger partial charge in [0, 0.05) is 43.2 Å². The highest BCUT2D eigenvalue weighted by molar-refractivity contribution is 6.30. The van der Waals surface area contributed by atoms with Crippen molar-refractivity contribution >= 4 is 23.3 Å². The molecule has 1 aliphatic carbocycles. The molecule has 3 heterocycles. The molecule has 3 N–H and O–H groups in total. The van der Waals surface area contributed by atoms with Gasteiger partial charge in [-0.25, -0.2) is 4.98 Å². The van der Waals surface area contributed by atoms with Gasteiger partial charge in [-0.3, -0.25) is 4.79 Å². The molecule has 1 aromatic heterocycles. The lowest BCUT2D eigenvalue weighted by atomic mass is 9.85. The number of benzene rings is 2. The molecule has 3 aliphatic rings. The Morgan fingerprint density at radius 3 is 2.60 bits per heavy atom. The van der Waals surface area contributed by atoms with Crippen LogP contribution < -0.4 is 20.3 Å². The standard InChI is InChI=1S/C37H44ClF3N4O3/c1-2-24-12-13-32-28(17-24)30(21-36(48-32)14-6-7-15-36)42-22-31(46)29(18-25-9-4-3-5-10-25)43-35(47)26-19-33(38)44-34(20-26)45-16-8-11-27(23-45)37(39,40)41/h3-5,9-10,12-13,17,19-20,27,29-31,42,46H,2,6-8,11,14-16,18,21-23H2,1H3,(H,43,47)/t27-,29+,30+,31+/m1/s1. The largest absolute Gasteiger partial charge is 0.487 e. The van der Waals surface area contributed by atoms with Gasteiger partial charge < -0.3 is 25.4 Å². The van der Waals surface area contributed by atoms with E-state index in [-0.39, 0.29) is 47.7 Å². The van der Waals surface area contributed by atoms with Crippen molar-refractivity contribution in [1.82, 2.24) is 15.6 Å². The molecule has 2 aliphatic heterocycles. The highest BCUT2D eigenvalue weighted by Crippen LogP contribution is 2.47. The van der Waals surface area contributed by atoms with E-state index in [1.165, 1.54) is 22.6 Å². The van der Waals surface area contributed by atoms with E-state index in [0.717, 1.165) is 55.4 Å².